The SMILES string of the molecule is Cl.NC(=O)N1CC2(CCNCC2)c2cc(Cl)ccc21. The molecule has 0 bridgehead atoms. The molecule has 1 spiro atoms. The highest BCUT2D eigenvalue weighted by Crippen LogP contribution is 2.46. The van der Waals surface area contributed by atoms with Crippen molar-refractivity contribution < 1.29 is 4.79 Å². The maximum Gasteiger partial charge on any atom is 0.319 e. The largest absolute Gasteiger partial charge is 0.351 e. The third-order valence-corrected chi connectivity index (χ3v) is 4.34. The van der Waals surface area contributed by atoms with Gasteiger partial charge in [-0.2, -0.15) is 0 Å². The van der Waals surface area contributed by atoms with Crippen molar-refractivity contribution in [2.45, 2.75) is 18.3 Å². The van der Waals surface area contributed by atoms with Crippen molar-refractivity contribution in [2.24, 2.45) is 5.73 Å². The number of carbonyl (C=O) groups is 1. The molecular weight excluding hydrogens is 285 g/mol. The summed E-state index contributed by atoms with van der Waals surface area (Å²) in [5.74, 6) is 0. The molecule has 0 radical (unpaired) electrons. The first kappa shape index (κ1) is 14.4. The Balaban J connectivity index is 0.00000133. The van der Waals surface area contributed by atoms with E-state index in [0.717, 1.165) is 36.6 Å². The van der Waals surface area contributed by atoms with Gasteiger partial charge in [0.25, 0.3) is 0 Å². The fourth-order valence-electron chi connectivity index (χ4n) is 3.17. The fraction of sp³-hybridized carbons (Fsp3) is 0.462. The van der Waals surface area contributed by atoms with Gasteiger partial charge in [0.05, 0.1) is 0 Å². The minimum atomic E-state index is -0.381. The van der Waals surface area contributed by atoms with Gasteiger partial charge in [-0.3, -0.25) is 4.90 Å². The molecule has 2 amide bonds. The van der Waals surface area contributed by atoms with Crippen molar-refractivity contribution in [3.05, 3.63) is 28.8 Å². The highest BCUT2D eigenvalue weighted by molar-refractivity contribution is 6.30. The van der Waals surface area contributed by atoms with Crippen LogP contribution in [-0.4, -0.2) is 25.7 Å². The number of fused-ring (bicyclic) bond motifs is 2. The molecule has 1 saturated heterocycles. The van der Waals surface area contributed by atoms with Gasteiger partial charge in [-0.25, -0.2) is 4.79 Å². The first-order valence-electron chi connectivity index (χ1n) is 6.20. The third kappa shape index (κ3) is 2.29. The standard InChI is InChI=1S/C13H16ClN3O.ClH/c14-9-1-2-11-10(7-9)13(3-5-16-6-4-13)8-17(11)12(15)18;/h1-2,7,16H,3-6,8H2,(H2,15,18);1H. The Labute approximate surface area is 123 Å². The number of amides is 2. The van der Waals surface area contributed by atoms with Gasteiger partial charge in [0.15, 0.2) is 0 Å². The Morgan fingerprint density at radius 2 is 2.05 bits per heavy atom. The predicted octanol–water partition coefficient (Wildman–Crippen LogP) is 2.28. The quantitative estimate of drug-likeness (QED) is 0.772. The average molecular weight is 302 g/mol. The van der Waals surface area contributed by atoms with Gasteiger partial charge in [-0.05, 0) is 49.7 Å². The van der Waals surface area contributed by atoms with Gasteiger partial charge in [-0.15, -0.1) is 12.4 Å². The van der Waals surface area contributed by atoms with Crippen LogP contribution >= 0.6 is 24.0 Å². The zero-order chi connectivity index (χ0) is 12.8. The molecule has 19 heavy (non-hydrogen) atoms. The van der Waals surface area contributed by atoms with E-state index in [0.29, 0.717) is 6.54 Å². The summed E-state index contributed by atoms with van der Waals surface area (Å²) in [6.07, 6.45) is 2.04. The Morgan fingerprint density at radius 1 is 1.37 bits per heavy atom. The average Bonchev–Trinajstić information content (AvgIpc) is 2.65. The van der Waals surface area contributed by atoms with Crippen LogP contribution in [0.5, 0.6) is 0 Å². The summed E-state index contributed by atoms with van der Waals surface area (Å²) in [6, 6.07) is 5.33. The summed E-state index contributed by atoms with van der Waals surface area (Å²) < 4.78 is 0. The summed E-state index contributed by atoms with van der Waals surface area (Å²) >= 11 is 6.10. The second-order valence-electron chi connectivity index (χ2n) is 5.12. The van der Waals surface area contributed by atoms with Crippen LogP contribution in [0.2, 0.25) is 5.02 Å². The van der Waals surface area contributed by atoms with E-state index in [1.54, 1.807) is 4.90 Å². The Bertz CT molecular complexity index is 501. The number of carbonyl (C=O) groups excluding carboxylic acids is 1. The fourth-order valence-corrected chi connectivity index (χ4v) is 3.34. The molecule has 3 rings (SSSR count). The number of benzene rings is 1. The van der Waals surface area contributed by atoms with Crippen LogP contribution in [0.4, 0.5) is 10.5 Å². The topological polar surface area (TPSA) is 58.4 Å². The second kappa shape index (κ2) is 5.19. The van der Waals surface area contributed by atoms with E-state index >= 15 is 0 Å². The molecule has 0 saturated carbocycles. The molecule has 1 aromatic rings. The summed E-state index contributed by atoms with van der Waals surface area (Å²) in [7, 11) is 0. The molecule has 2 heterocycles. The Morgan fingerprint density at radius 3 is 2.68 bits per heavy atom. The van der Waals surface area contributed by atoms with Crippen LogP contribution in [-0.2, 0) is 5.41 Å². The summed E-state index contributed by atoms with van der Waals surface area (Å²) in [5, 5.41) is 4.08. The van der Waals surface area contributed by atoms with E-state index in [1.807, 2.05) is 18.2 Å². The minimum absolute atomic E-state index is 0. The Hall–Kier alpha value is -0.970. The third-order valence-electron chi connectivity index (χ3n) is 4.11. The van der Waals surface area contributed by atoms with Crippen LogP contribution in [0.3, 0.4) is 0 Å². The molecule has 3 N–H and O–H groups in total. The number of primary amides is 1. The van der Waals surface area contributed by atoms with Crippen molar-refractivity contribution >= 4 is 35.7 Å². The molecule has 0 aliphatic carbocycles. The highest BCUT2D eigenvalue weighted by Gasteiger charge is 2.44. The predicted molar refractivity (Wildman–Crippen MR) is 79.4 cm³/mol. The zero-order valence-electron chi connectivity index (χ0n) is 10.5. The lowest BCUT2D eigenvalue weighted by atomic mass is 9.75. The van der Waals surface area contributed by atoms with Gasteiger partial charge in [-0.1, -0.05) is 11.6 Å². The number of anilines is 1. The summed E-state index contributed by atoms with van der Waals surface area (Å²) in [5.41, 5.74) is 7.61. The minimum Gasteiger partial charge on any atom is -0.351 e. The van der Waals surface area contributed by atoms with Crippen LogP contribution < -0.4 is 16.0 Å². The number of hydrogen-bond donors (Lipinski definition) is 2. The lowest BCUT2D eigenvalue weighted by Crippen LogP contribution is -2.45. The molecule has 2 aliphatic heterocycles. The highest BCUT2D eigenvalue weighted by atomic mass is 35.5. The van der Waals surface area contributed by atoms with E-state index in [4.69, 9.17) is 17.3 Å². The van der Waals surface area contributed by atoms with Crippen LogP contribution in [0, 0.1) is 0 Å². The van der Waals surface area contributed by atoms with Gasteiger partial charge in [0.2, 0.25) is 0 Å². The lowest BCUT2D eigenvalue weighted by Gasteiger charge is -2.34. The van der Waals surface area contributed by atoms with E-state index in [2.05, 4.69) is 5.32 Å². The molecule has 1 fully saturated rings. The van der Waals surface area contributed by atoms with E-state index in [-0.39, 0.29) is 23.9 Å². The number of nitrogens with one attached hydrogen (secondary N) is 1. The number of urea groups is 1. The van der Waals surface area contributed by atoms with Crippen molar-refractivity contribution in [3.8, 4) is 0 Å². The van der Waals surface area contributed by atoms with Gasteiger partial charge in [0, 0.05) is 22.7 Å². The van der Waals surface area contributed by atoms with Crippen molar-refractivity contribution in [1.82, 2.24) is 5.32 Å². The summed E-state index contributed by atoms with van der Waals surface area (Å²) in [6.45, 7) is 2.62. The van der Waals surface area contributed by atoms with Crippen LogP contribution in [0.1, 0.15) is 18.4 Å². The number of piperidine rings is 1. The molecule has 1 aromatic carbocycles. The number of hydrogen-bond acceptors (Lipinski definition) is 2. The molecule has 6 heteroatoms. The molecule has 104 valence electrons. The van der Waals surface area contributed by atoms with Crippen LogP contribution in [0.15, 0.2) is 18.2 Å². The molecule has 2 aliphatic rings. The maximum absolute atomic E-state index is 11.6. The molecule has 4 nitrogen and oxygen atoms in total. The van der Waals surface area contributed by atoms with Crippen molar-refractivity contribution in [1.29, 1.82) is 0 Å². The van der Waals surface area contributed by atoms with E-state index < -0.39 is 0 Å². The monoisotopic (exact) mass is 301 g/mol. The number of nitrogens with two attached hydrogens (primary N) is 1. The first-order valence-corrected chi connectivity index (χ1v) is 6.58. The smallest absolute Gasteiger partial charge is 0.319 e. The number of halogens is 2. The second-order valence-corrected chi connectivity index (χ2v) is 5.55. The molecule has 0 aromatic heterocycles. The normalized spacial score (nSPS) is 19.9. The maximum atomic E-state index is 11.6. The zero-order valence-corrected chi connectivity index (χ0v) is 12.1. The first-order chi connectivity index (χ1) is 8.62. The number of nitrogens with zero attached hydrogens (tertiary/aromatic N) is 1. The lowest BCUT2D eigenvalue weighted by molar-refractivity contribution is 0.251. The summed E-state index contributed by atoms with van der Waals surface area (Å²) in [4.78, 5) is 13.3. The molecule has 0 atom stereocenters. The van der Waals surface area contributed by atoms with Crippen molar-refractivity contribution in [2.75, 3.05) is 24.5 Å². The number of rotatable bonds is 0. The van der Waals surface area contributed by atoms with Crippen LogP contribution in [0.25, 0.3) is 0 Å². The van der Waals surface area contributed by atoms with Crippen molar-refractivity contribution in [3.63, 3.8) is 0 Å². The van der Waals surface area contributed by atoms with Gasteiger partial charge < -0.3 is 11.1 Å². The van der Waals surface area contributed by atoms with E-state index in [1.165, 1.54) is 5.56 Å². The van der Waals surface area contributed by atoms with Gasteiger partial charge >= 0.3 is 6.03 Å². The Kier molecular flexibility index (Phi) is 3.95. The molecule has 0 unspecified atom stereocenters. The van der Waals surface area contributed by atoms with E-state index in [9.17, 15) is 4.79 Å². The van der Waals surface area contributed by atoms with Gasteiger partial charge in [0.1, 0.15) is 0 Å². The molecular formula is C13H17Cl2N3O.